The van der Waals surface area contributed by atoms with E-state index in [0.29, 0.717) is 19.6 Å². The van der Waals surface area contributed by atoms with Gasteiger partial charge >= 0.3 is 0 Å². The van der Waals surface area contributed by atoms with E-state index in [9.17, 15) is 5.11 Å². The Morgan fingerprint density at radius 3 is 2.57 bits per heavy atom. The predicted molar refractivity (Wildman–Crippen MR) is 85.0 cm³/mol. The van der Waals surface area contributed by atoms with Crippen LogP contribution in [0.25, 0.3) is 0 Å². The average Bonchev–Trinajstić information content (AvgIpc) is 2.48. The third kappa shape index (κ3) is 6.03. The summed E-state index contributed by atoms with van der Waals surface area (Å²) >= 11 is 0. The maximum absolute atomic E-state index is 10.2. The van der Waals surface area contributed by atoms with E-state index in [1.165, 1.54) is 0 Å². The van der Waals surface area contributed by atoms with Crippen LogP contribution in [0.5, 0.6) is 5.75 Å². The summed E-state index contributed by atoms with van der Waals surface area (Å²) < 4.78 is 10.8. The third-order valence-corrected chi connectivity index (χ3v) is 3.38. The van der Waals surface area contributed by atoms with Gasteiger partial charge < -0.3 is 14.6 Å². The summed E-state index contributed by atoms with van der Waals surface area (Å²) in [6, 6.07) is 7.75. The van der Waals surface area contributed by atoms with Gasteiger partial charge in [0.1, 0.15) is 5.75 Å². The number of methoxy groups -OCH3 is 1. The largest absolute Gasteiger partial charge is 0.497 e. The van der Waals surface area contributed by atoms with Crippen molar-refractivity contribution in [1.29, 1.82) is 0 Å². The molecule has 0 aliphatic carbocycles. The van der Waals surface area contributed by atoms with Crippen LogP contribution in [0.1, 0.15) is 25.8 Å². The van der Waals surface area contributed by atoms with Gasteiger partial charge in [0.15, 0.2) is 0 Å². The van der Waals surface area contributed by atoms with Crippen molar-refractivity contribution in [3.05, 3.63) is 42.0 Å². The highest BCUT2D eigenvalue weighted by Crippen LogP contribution is 2.24. The van der Waals surface area contributed by atoms with Crippen molar-refractivity contribution in [2.75, 3.05) is 13.7 Å². The van der Waals surface area contributed by atoms with E-state index in [-0.39, 0.29) is 5.41 Å². The molecular weight excluding hydrogens is 264 g/mol. The Kier molecular flexibility index (Phi) is 7.01. The van der Waals surface area contributed by atoms with Crippen LogP contribution in [0.2, 0.25) is 0 Å². The van der Waals surface area contributed by atoms with Gasteiger partial charge in [-0.2, -0.15) is 0 Å². The Bertz CT molecular complexity index is 480. The molecular formula is C18H24O3. The Morgan fingerprint density at radius 2 is 2.00 bits per heavy atom. The van der Waals surface area contributed by atoms with Crippen LogP contribution in [0.3, 0.4) is 0 Å². The second-order valence-corrected chi connectivity index (χ2v) is 5.65. The highest BCUT2D eigenvalue weighted by molar-refractivity contribution is 5.26. The van der Waals surface area contributed by atoms with Crippen LogP contribution in [-0.2, 0) is 11.3 Å². The van der Waals surface area contributed by atoms with Gasteiger partial charge in [0.25, 0.3) is 0 Å². The maximum Gasteiger partial charge on any atom is 0.118 e. The van der Waals surface area contributed by atoms with Gasteiger partial charge in [-0.3, -0.25) is 0 Å². The number of ether oxygens (including phenoxy) is 2. The molecule has 1 aromatic rings. The molecule has 114 valence electrons. The number of aliphatic hydroxyl groups is 1. The first kappa shape index (κ1) is 17.3. The average molecular weight is 288 g/mol. The first-order chi connectivity index (χ1) is 9.99. The number of benzene rings is 1. The zero-order valence-electron chi connectivity index (χ0n) is 13.0. The van der Waals surface area contributed by atoms with E-state index in [0.717, 1.165) is 11.3 Å². The number of rotatable bonds is 8. The standard InChI is InChI=1S/C18H24O3/c1-5-6-7-8-17(19)18(2,3)14-21-13-15-9-11-16(20-4)12-10-15/h1,6-7,9-12,17,19H,8,13-14H2,2-4H3/b7-6-/t17-/m0/s1. The lowest BCUT2D eigenvalue weighted by Crippen LogP contribution is -2.33. The fourth-order valence-electron chi connectivity index (χ4n) is 1.83. The zero-order valence-corrected chi connectivity index (χ0v) is 13.0. The molecule has 0 radical (unpaired) electrons. The summed E-state index contributed by atoms with van der Waals surface area (Å²) in [5.74, 6) is 3.24. The quantitative estimate of drug-likeness (QED) is 0.747. The lowest BCUT2D eigenvalue weighted by molar-refractivity contribution is -0.0273. The molecule has 0 aliphatic heterocycles. The molecule has 0 saturated heterocycles. The number of terminal acetylenes is 1. The molecule has 0 unspecified atom stereocenters. The fraction of sp³-hybridized carbons (Fsp3) is 0.444. The summed E-state index contributed by atoms with van der Waals surface area (Å²) in [6.45, 7) is 4.95. The topological polar surface area (TPSA) is 38.7 Å². The molecule has 0 heterocycles. The van der Waals surface area contributed by atoms with Gasteiger partial charge in [0.2, 0.25) is 0 Å². The van der Waals surface area contributed by atoms with E-state index < -0.39 is 6.10 Å². The van der Waals surface area contributed by atoms with E-state index in [1.807, 2.05) is 38.1 Å². The Hall–Kier alpha value is -1.76. The molecule has 1 aromatic carbocycles. The first-order valence-corrected chi connectivity index (χ1v) is 6.99. The molecule has 0 fully saturated rings. The third-order valence-electron chi connectivity index (χ3n) is 3.38. The van der Waals surface area contributed by atoms with Crippen LogP contribution in [0, 0.1) is 17.8 Å². The van der Waals surface area contributed by atoms with Gasteiger partial charge in [-0.25, -0.2) is 0 Å². The number of hydrogen-bond donors (Lipinski definition) is 1. The van der Waals surface area contributed by atoms with Gasteiger partial charge in [-0.05, 0) is 30.2 Å². The minimum absolute atomic E-state index is 0.328. The van der Waals surface area contributed by atoms with Crippen molar-refractivity contribution in [2.45, 2.75) is 33.0 Å². The summed E-state index contributed by atoms with van der Waals surface area (Å²) in [7, 11) is 1.64. The fourth-order valence-corrected chi connectivity index (χ4v) is 1.83. The Morgan fingerprint density at radius 1 is 1.33 bits per heavy atom. The van der Waals surface area contributed by atoms with Crippen molar-refractivity contribution in [3.63, 3.8) is 0 Å². The van der Waals surface area contributed by atoms with Crippen molar-refractivity contribution in [2.24, 2.45) is 5.41 Å². The predicted octanol–water partition coefficient (Wildman–Crippen LogP) is 3.18. The second-order valence-electron chi connectivity index (χ2n) is 5.65. The SMILES string of the molecule is C#C/C=C\C[C@H](O)C(C)(C)COCc1ccc(OC)cc1. The summed E-state index contributed by atoms with van der Waals surface area (Å²) in [5.41, 5.74) is 0.749. The highest BCUT2D eigenvalue weighted by Gasteiger charge is 2.27. The highest BCUT2D eigenvalue weighted by atomic mass is 16.5. The molecule has 1 atom stereocenters. The van der Waals surface area contributed by atoms with E-state index in [1.54, 1.807) is 19.3 Å². The molecule has 3 heteroatoms. The monoisotopic (exact) mass is 288 g/mol. The molecule has 21 heavy (non-hydrogen) atoms. The van der Waals surface area contributed by atoms with Gasteiger partial charge in [0.05, 0.1) is 26.4 Å². The number of allylic oxidation sites excluding steroid dienone is 1. The molecule has 0 saturated carbocycles. The van der Waals surface area contributed by atoms with Gasteiger partial charge in [0, 0.05) is 5.41 Å². The van der Waals surface area contributed by atoms with Crippen molar-refractivity contribution in [3.8, 4) is 18.1 Å². The zero-order chi connectivity index (χ0) is 15.7. The molecule has 3 nitrogen and oxygen atoms in total. The summed E-state index contributed by atoms with van der Waals surface area (Å²) in [4.78, 5) is 0. The van der Waals surface area contributed by atoms with Crippen LogP contribution in [0.15, 0.2) is 36.4 Å². The maximum atomic E-state index is 10.2. The van der Waals surface area contributed by atoms with Gasteiger partial charge in [-0.15, -0.1) is 6.42 Å². The summed E-state index contributed by atoms with van der Waals surface area (Å²) in [5, 5.41) is 10.2. The van der Waals surface area contributed by atoms with Crippen molar-refractivity contribution in [1.82, 2.24) is 0 Å². The van der Waals surface area contributed by atoms with Crippen molar-refractivity contribution >= 4 is 0 Å². The van der Waals surface area contributed by atoms with Crippen LogP contribution in [0.4, 0.5) is 0 Å². The molecule has 0 aliphatic rings. The van der Waals surface area contributed by atoms with Crippen LogP contribution >= 0.6 is 0 Å². The molecule has 0 bridgehead atoms. The summed E-state index contributed by atoms with van der Waals surface area (Å²) in [6.07, 6.45) is 8.59. The lowest BCUT2D eigenvalue weighted by atomic mass is 9.85. The van der Waals surface area contributed by atoms with E-state index >= 15 is 0 Å². The molecule has 0 spiro atoms. The number of hydrogen-bond acceptors (Lipinski definition) is 3. The Labute approximate surface area is 127 Å². The molecule has 0 aromatic heterocycles. The second kappa shape index (κ2) is 8.51. The lowest BCUT2D eigenvalue weighted by Gasteiger charge is -2.29. The number of aliphatic hydroxyl groups excluding tert-OH is 1. The van der Waals surface area contributed by atoms with Crippen molar-refractivity contribution < 1.29 is 14.6 Å². The van der Waals surface area contributed by atoms with Crippen LogP contribution < -0.4 is 4.74 Å². The molecule has 0 amide bonds. The molecule has 1 N–H and O–H groups in total. The first-order valence-electron chi connectivity index (χ1n) is 6.99. The van der Waals surface area contributed by atoms with Gasteiger partial charge in [-0.1, -0.05) is 38.0 Å². The molecule has 1 rings (SSSR count). The van der Waals surface area contributed by atoms with Crippen LogP contribution in [-0.4, -0.2) is 24.9 Å². The normalized spacial score (nSPS) is 13.1. The van der Waals surface area contributed by atoms with E-state index in [4.69, 9.17) is 15.9 Å². The van der Waals surface area contributed by atoms with E-state index in [2.05, 4.69) is 5.92 Å². The minimum Gasteiger partial charge on any atom is -0.497 e. The minimum atomic E-state index is -0.488. The Balaban J connectivity index is 2.41. The smallest absolute Gasteiger partial charge is 0.118 e.